The summed E-state index contributed by atoms with van der Waals surface area (Å²) in [6, 6.07) is 0. The monoisotopic (exact) mass is 388 g/mol. The lowest BCUT2D eigenvalue weighted by Gasteiger charge is -2.29. The Balaban J connectivity index is 4.69. The lowest BCUT2D eigenvalue weighted by atomic mass is 9.81. The molecule has 3 N–H and O–H groups in total. The average Bonchev–Trinajstić information content (AvgIpc) is 2.60. The number of esters is 1. The highest BCUT2D eigenvalue weighted by Gasteiger charge is 2.50. The topological polar surface area (TPSA) is 121 Å². The fourth-order valence-electron chi connectivity index (χ4n) is 3.06. The number of aliphatic hydroxyl groups is 1. The van der Waals surface area contributed by atoms with Crippen molar-refractivity contribution < 1.29 is 34.4 Å². The summed E-state index contributed by atoms with van der Waals surface area (Å²) in [7, 11) is 0. The molecule has 0 heterocycles. The third kappa shape index (κ3) is 10.3. The molecule has 0 aromatic heterocycles. The molecule has 7 nitrogen and oxygen atoms in total. The van der Waals surface area contributed by atoms with Crippen LogP contribution < -0.4 is 0 Å². The molecule has 0 aromatic carbocycles. The molecule has 0 saturated heterocycles. The van der Waals surface area contributed by atoms with Gasteiger partial charge in [-0.3, -0.25) is 9.59 Å². The number of hydrogen-bond donors (Lipinski definition) is 3. The maximum Gasteiger partial charge on any atom is 0.337 e. The zero-order valence-corrected chi connectivity index (χ0v) is 16.7. The van der Waals surface area contributed by atoms with Crippen molar-refractivity contribution in [2.24, 2.45) is 5.92 Å². The van der Waals surface area contributed by atoms with Gasteiger partial charge in [-0.25, -0.2) is 4.79 Å². The van der Waals surface area contributed by atoms with E-state index in [2.05, 4.69) is 6.92 Å². The Kier molecular flexibility index (Phi) is 13.6. The van der Waals surface area contributed by atoms with Gasteiger partial charge in [0.15, 0.2) is 5.60 Å². The van der Waals surface area contributed by atoms with Crippen molar-refractivity contribution in [2.45, 2.75) is 96.5 Å². The van der Waals surface area contributed by atoms with Crippen LogP contribution in [0, 0.1) is 5.92 Å². The molecule has 0 rings (SSSR count). The van der Waals surface area contributed by atoms with E-state index >= 15 is 0 Å². The molecule has 0 radical (unpaired) electrons. The molecule has 158 valence electrons. The van der Waals surface area contributed by atoms with Crippen molar-refractivity contribution in [3.05, 3.63) is 0 Å². The predicted octanol–water partition coefficient (Wildman–Crippen LogP) is 3.77. The van der Waals surface area contributed by atoms with Crippen LogP contribution >= 0.6 is 0 Å². The van der Waals surface area contributed by atoms with Gasteiger partial charge in [-0.05, 0) is 12.8 Å². The maximum absolute atomic E-state index is 12.4. The number of rotatable bonds is 17. The summed E-state index contributed by atoms with van der Waals surface area (Å²) in [6.07, 6.45) is 8.53. The molecule has 0 fully saturated rings. The Morgan fingerprint density at radius 2 is 1.37 bits per heavy atom. The summed E-state index contributed by atoms with van der Waals surface area (Å²) >= 11 is 0. The number of unbranched alkanes of at least 4 members (excludes halogenated alkanes) is 8. The van der Waals surface area contributed by atoms with Crippen LogP contribution in [-0.4, -0.2) is 45.4 Å². The second-order valence-corrected chi connectivity index (χ2v) is 7.14. The van der Waals surface area contributed by atoms with E-state index in [0.29, 0.717) is 12.8 Å². The molecule has 27 heavy (non-hydrogen) atoms. The van der Waals surface area contributed by atoms with Gasteiger partial charge >= 0.3 is 17.9 Å². The summed E-state index contributed by atoms with van der Waals surface area (Å²) in [6.45, 7) is 4.26. The molecule has 0 aliphatic heterocycles. The summed E-state index contributed by atoms with van der Waals surface area (Å²) in [5.74, 6) is -5.40. The van der Waals surface area contributed by atoms with Crippen LogP contribution in [-0.2, 0) is 19.1 Å². The average molecular weight is 389 g/mol. The highest BCUT2D eigenvalue weighted by Crippen LogP contribution is 2.29. The zero-order valence-electron chi connectivity index (χ0n) is 16.7. The smallest absolute Gasteiger partial charge is 0.337 e. The summed E-state index contributed by atoms with van der Waals surface area (Å²) in [5.41, 5.74) is -2.66. The van der Waals surface area contributed by atoms with Gasteiger partial charge in [-0.2, -0.15) is 0 Å². The lowest BCUT2D eigenvalue weighted by molar-refractivity contribution is -0.182. The summed E-state index contributed by atoms with van der Waals surface area (Å²) in [5, 5.41) is 28.7. The summed E-state index contributed by atoms with van der Waals surface area (Å²) < 4.78 is 5.19. The molecular weight excluding hydrogens is 352 g/mol. The second kappa shape index (κ2) is 14.4. The van der Waals surface area contributed by atoms with Gasteiger partial charge in [0.05, 0.1) is 18.9 Å². The van der Waals surface area contributed by atoms with Crippen LogP contribution in [0.5, 0.6) is 0 Å². The van der Waals surface area contributed by atoms with Crippen molar-refractivity contribution in [3.8, 4) is 0 Å². The van der Waals surface area contributed by atoms with Crippen molar-refractivity contribution >= 4 is 17.9 Å². The molecule has 0 aliphatic rings. The first-order valence-electron chi connectivity index (χ1n) is 10.1. The van der Waals surface area contributed by atoms with E-state index in [9.17, 15) is 24.6 Å². The van der Waals surface area contributed by atoms with Gasteiger partial charge in [0, 0.05) is 0 Å². The molecule has 0 spiro atoms. The molecule has 0 amide bonds. The van der Waals surface area contributed by atoms with Gasteiger partial charge in [-0.15, -0.1) is 0 Å². The number of carboxylic acids is 2. The van der Waals surface area contributed by atoms with Gasteiger partial charge in [0.1, 0.15) is 0 Å². The fourth-order valence-corrected chi connectivity index (χ4v) is 3.06. The van der Waals surface area contributed by atoms with E-state index < -0.39 is 35.8 Å². The first kappa shape index (κ1) is 25.4. The molecule has 7 heteroatoms. The number of carboxylic acid groups (broad SMARTS) is 2. The molecule has 2 atom stereocenters. The van der Waals surface area contributed by atoms with Crippen LogP contribution in [0.4, 0.5) is 0 Å². The third-order valence-electron chi connectivity index (χ3n) is 4.74. The Labute approximate surface area is 162 Å². The van der Waals surface area contributed by atoms with Crippen molar-refractivity contribution in [2.75, 3.05) is 6.61 Å². The maximum atomic E-state index is 12.4. The fraction of sp³-hybridized carbons (Fsp3) is 0.850. The minimum Gasteiger partial charge on any atom is -0.481 e. The minimum atomic E-state index is -2.66. The number of carbonyl (C=O) groups excluding carboxylic acids is 1. The van der Waals surface area contributed by atoms with Gasteiger partial charge < -0.3 is 20.1 Å². The minimum absolute atomic E-state index is 0.0831. The molecule has 0 aromatic rings. The first-order chi connectivity index (χ1) is 12.8. The Hall–Kier alpha value is -1.63. The summed E-state index contributed by atoms with van der Waals surface area (Å²) in [4.78, 5) is 34.9. The van der Waals surface area contributed by atoms with Gasteiger partial charge in [-0.1, -0.05) is 71.6 Å². The zero-order chi connectivity index (χ0) is 20.7. The van der Waals surface area contributed by atoms with Crippen LogP contribution in [0.25, 0.3) is 0 Å². The molecule has 0 bridgehead atoms. The van der Waals surface area contributed by atoms with Crippen LogP contribution in [0.2, 0.25) is 0 Å². The van der Waals surface area contributed by atoms with E-state index in [0.717, 1.165) is 32.1 Å². The quantitative estimate of drug-likeness (QED) is 0.256. The lowest BCUT2D eigenvalue weighted by Crippen LogP contribution is -2.51. The van der Waals surface area contributed by atoms with E-state index in [-0.39, 0.29) is 13.0 Å². The largest absolute Gasteiger partial charge is 0.481 e. The Bertz CT molecular complexity index is 450. The molecular formula is C20H36O7. The molecule has 0 aliphatic carbocycles. The number of hydrogen-bond acceptors (Lipinski definition) is 5. The van der Waals surface area contributed by atoms with Crippen LogP contribution in [0.3, 0.4) is 0 Å². The van der Waals surface area contributed by atoms with Crippen LogP contribution in [0.15, 0.2) is 0 Å². The molecule has 0 saturated carbocycles. The first-order valence-corrected chi connectivity index (χ1v) is 10.1. The highest BCUT2D eigenvalue weighted by atomic mass is 16.5. The van der Waals surface area contributed by atoms with Crippen molar-refractivity contribution in [1.82, 2.24) is 0 Å². The predicted molar refractivity (Wildman–Crippen MR) is 101 cm³/mol. The van der Waals surface area contributed by atoms with Gasteiger partial charge in [0.2, 0.25) is 0 Å². The standard InChI is InChI=1S/C20H36O7/c1-3-5-7-8-9-10-12-14-27-18(23)16(13-11-6-4-2)20(26,19(24)25)15-17(21)22/h16,26H,3-15H2,1-2H3,(H,21,22)(H,24,25). The van der Waals surface area contributed by atoms with Crippen molar-refractivity contribution in [3.63, 3.8) is 0 Å². The number of carbonyl (C=O) groups is 3. The second-order valence-electron chi connectivity index (χ2n) is 7.14. The van der Waals surface area contributed by atoms with E-state index in [1.165, 1.54) is 19.3 Å². The Morgan fingerprint density at radius 3 is 1.89 bits per heavy atom. The Morgan fingerprint density at radius 1 is 0.852 bits per heavy atom. The molecule has 2 unspecified atom stereocenters. The van der Waals surface area contributed by atoms with E-state index in [1.807, 2.05) is 6.92 Å². The van der Waals surface area contributed by atoms with E-state index in [1.54, 1.807) is 0 Å². The number of ether oxygens (including phenoxy) is 1. The van der Waals surface area contributed by atoms with Gasteiger partial charge in [0.25, 0.3) is 0 Å². The third-order valence-corrected chi connectivity index (χ3v) is 4.74. The highest BCUT2D eigenvalue weighted by molar-refractivity contribution is 5.90. The number of aliphatic carboxylic acids is 2. The SMILES string of the molecule is CCCCCCCCCOC(=O)C(CCCCC)C(O)(CC(=O)O)C(=O)O. The van der Waals surface area contributed by atoms with E-state index in [4.69, 9.17) is 9.84 Å². The normalized spacial score (nSPS) is 14.3. The van der Waals surface area contributed by atoms with Crippen molar-refractivity contribution in [1.29, 1.82) is 0 Å². The van der Waals surface area contributed by atoms with Crippen LogP contribution in [0.1, 0.15) is 90.9 Å².